The second-order valence-electron chi connectivity index (χ2n) is 5.36. The van der Waals surface area contributed by atoms with Crippen molar-refractivity contribution in [1.29, 1.82) is 0 Å². The van der Waals surface area contributed by atoms with Crippen LogP contribution in [0.25, 0.3) is 0 Å². The monoisotopic (exact) mass is 342 g/mol. The van der Waals surface area contributed by atoms with Crippen LogP contribution in [0.3, 0.4) is 0 Å². The number of H-pyrrole nitrogens is 1. The molecular formula is C13H13F3N6O2. The van der Waals surface area contributed by atoms with Crippen molar-refractivity contribution in [2.45, 2.75) is 31.6 Å². The Balaban J connectivity index is 1.82. The van der Waals surface area contributed by atoms with Gasteiger partial charge in [-0.05, 0) is 12.8 Å². The van der Waals surface area contributed by atoms with Crippen LogP contribution >= 0.6 is 0 Å². The van der Waals surface area contributed by atoms with Gasteiger partial charge in [0.05, 0.1) is 0 Å². The molecule has 1 N–H and O–H groups in total. The third-order valence-corrected chi connectivity index (χ3v) is 3.75. The standard InChI is InChI=1S/C13H13F3N6O2/c14-13(15,16)9-2-1-3-22(9)12(24)8-4-18-10(20-11(8)23)5-21-7-17-6-19-21/h4,6-7,9H,1-3,5H2,(H,18,20,23). The fourth-order valence-corrected chi connectivity index (χ4v) is 2.64. The van der Waals surface area contributed by atoms with Gasteiger partial charge in [0.1, 0.15) is 36.6 Å². The smallest absolute Gasteiger partial charge is 0.326 e. The van der Waals surface area contributed by atoms with Gasteiger partial charge in [0.15, 0.2) is 0 Å². The highest BCUT2D eigenvalue weighted by atomic mass is 19.4. The fraction of sp³-hybridized carbons (Fsp3) is 0.462. The summed E-state index contributed by atoms with van der Waals surface area (Å²) in [5, 5.41) is 3.84. The second-order valence-corrected chi connectivity index (χ2v) is 5.36. The summed E-state index contributed by atoms with van der Waals surface area (Å²) < 4.78 is 40.3. The topological polar surface area (TPSA) is 96.8 Å². The Morgan fingerprint density at radius 2 is 2.21 bits per heavy atom. The van der Waals surface area contributed by atoms with E-state index in [1.165, 1.54) is 17.3 Å². The summed E-state index contributed by atoms with van der Waals surface area (Å²) in [7, 11) is 0. The zero-order valence-electron chi connectivity index (χ0n) is 12.3. The minimum atomic E-state index is -4.51. The van der Waals surface area contributed by atoms with Gasteiger partial charge >= 0.3 is 6.18 Å². The number of hydrogen-bond acceptors (Lipinski definition) is 5. The maximum atomic E-state index is 13.0. The van der Waals surface area contributed by atoms with Crippen LogP contribution < -0.4 is 5.56 Å². The number of carbonyl (C=O) groups is 1. The number of aromatic amines is 1. The summed E-state index contributed by atoms with van der Waals surface area (Å²) >= 11 is 0. The molecule has 1 fully saturated rings. The summed E-state index contributed by atoms with van der Waals surface area (Å²) in [5.41, 5.74) is -1.19. The summed E-state index contributed by atoms with van der Waals surface area (Å²) in [5.74, 6) is -0.744. The van der Waals surface area contributed by atoms with Crippen molar-refractivity contribution in [2.24, 2.45) is 0 Å². The number of nitrogens with zero attached hydrogens (tertiary/aromatic N) is 5. The summed E-state index contributed by atoms with van der Waals surface area (Å²) in [4.78, 5) is 35.1. The Kier molecular flexibility index (Phi) is 4.08. The van der Waals surface area contributed by atoms with Crippen molar-refractivity contribution < 1.29 is 18.0 Å². The summed E-state index contributed by atoms with van der Waals surface area (Å²) in [6.45, 7) is 0.0851. The zero-order valence-corrected chi connectivity index (χ0v) is 12.3. The summed E-state index contributed by atoms with van der Waals surface area (Å²) in [6, 6.07) is -1.86. The van der Waals surface area contributed by atoms with Crippen LogP contribution in [-0.4, -0.2) is 54.3 Å². The first-order valence-corrected chi connectivity index (χ1v) is 7.14. The van der Waals surface area contributed by atoms with E-state index in [2.05, 4.69) is 20.1 Å². The first-order valence-electron chi connectivity index (χ1n) is 7.14. The second kappa shape index (κ2) is 6.06. The third kappa shape index (κ3) is 3.14. The van der Waals surface area contributed by atoms with E-state index in [1.54, 1.807) is 0 Å². The first kappa shape index (κ1) is 16.1. The highest BCUT2D eigenvalue weighted by Crippen LogP contribution is 2.33. The number of nitrogens with one attached hydrogen (secondary N) is 1. The highest BCUT2D eigenvalue weighted by molar-refractivity contribution is 5.94. The number of carbonyl (C=O) groups excluding carboxylic acids is 1. The van der Waals surface area contributed by atoms with Gasteiger partial charge in [-0.1, -0.05) is 0 Å². The molecule has 1 atom stereocenters. The minimum Gasteiger partial charge on any atom is -0.326 e. The molecule has 0 bridgehead atoms. The van der Waals surface area contributed by atoms with Gasteiger partial charge in [-0.25, -0.2) is 14.6 Å². The van der Waals surface area contributed by atoms with Crippen LogP contribution in [0.1, 0.15) is 29.0 Å². The molecule has 0 saturated carbocycles. The number of hydrogen-bond donors (Lipinski definition) is 1. The van der Waals surface area contributed by atoms with E-state index in [0.29, 0.717) is 4.90 Å². The molecule has 11 heteroatoms. The van der Waals surface area contributed by atoms with Crippen molar-refractivity contribution in [2.75, 3.05) is 6.54 Å². The molecular weight excluding hydrogens is 329 g/mol. The van der Waals surface area contributed by atoms with E-state index >= 15 is 0 Å². The first-order chi connectivity index (χ1) is 11.4. The van der Waals surface area contributed by atoms with E-state index in [0.717, 1.165) is 6.20 Å². The van der Waals surface area contributed by atoms with Crippen molar-refractivity contribution >= 4 is 5.91 Å². The molecule has 3 rings (SSSR count). The van der Waals surface area contributed by atoms with E-state index in [4.69, 9.17) is 0 Å². The lowest BCUT2D eigenvalue weighted by atomic mass is 10.2. The Labute approximate surface area is 133 Å². The number of aromatic nitrogens is 5. The molecule has 8 nitrogen and oxygen atoms in total. The molecule has 128 valence electrons. The Morgan fingerprint density at radius 3 is 2.83 bits per heavy atom. The minimum absolute atomic E-state index is 0.0385. The molecule has 1 aliphatic heterocycles. The maximum Gasteiger partial charge on any atom is 0.408 e. The normalized spacial score (nSPS) is 18.1. The van der Waals surface area contributed by atoms with E-state index in [9.17, 15) is 22.8 Å². The van der Waals surface area contributed by atoms with E-state index < -0.39 is 29.2 Å². The average Bonchev–Trinajstić information content (AvgIpc) is 3.17. The molecule has 2 aromatic rings. The molecule has 0 aliphatic carbocycles. The Morgan fingerprint density at radius 1 is 1.42 bits per heavy atom. The van der Waals surface area contributed by atoms with Crippen LogP contribution in [0, 0.1) is 0 Å². The van der Waals surface area contributed by atoms with Crippen LogP contribution in [0.15, 0.2) is 23.6 Å². The van der Waals surface area contributed by atoms with Crippen LogP contribution in [0.4, 0.5) is 13.2 Å². The lowest BCUT2D eigenvalue weighted by Crippen LogP contribution is -2.46. The summed E-state index contributed by atoms with van der Waals surface area (Å²) in [6.07, 6.45) is -0.715. The Bertz CT molecular complexity index is 786. The average molecular weight is 342 g/mol. The van der Waals surface area contributed by atoms with Crippen molar-refractivity contribution in [1.82, 2.24) is 29.6 Å². The maximum absolute atomic E-state index is 13.0. The van der Waals surface area contributed by atoms with Gasteiger partial charge in [0.2, 0.25) is 0 Å². The lowest BCUT2D eigenvalue weighted by molar-refractivity contribution is -0.169. The number of rotatable bonds is 3. The van der Waals surface area contributed by atoms with Gasteiger partial charge in [0, 0.05) is 12.7 Å². The van der Waals surface area contributed by atoms with Crippen LogP contribution in [0.2, 0.25) is 0 Å². The third-order valence-electron chi connectivity index (χ3n) is 3.75. The predicted octanol–water partition coefficient (Wildman–Crippen LogP) is 0.577. The van der Waals surface area contributed by atoms with Gasteiger partial charge in [-0.3, -0.25) is 9.59 Å². The fourth-order valence-electron chi connectivity index (χ4n) is 2.64. The quantitative estimate of drug-likeness (QED) is 0.880. The molecule has 3 heterocycles. The van der Waals surface area contributed by atoms with Crippen molar-refractivity contribution in [3.63, 3.8) is 0 Å². The van der Waals surface area contributed by atoms with E-state index in [1.807, 2.05) is 0 Å². The highest BCUT2D eigenvalue weighted by Gasteiger charge is 2.48. The molecule has 1 saturated heterocycles. The molecule has 1 unspecified atom stereocenters. The molecule has 0 spiro atoms. The largest absolute Gasteiger partial charge is 0.408 e. The number of amides is 1. The predicted molar refractivity (Wildman–Crippen MR) is 74.1 cm³/mol. The number of likely N-dealkylation sites (tertiary alicyclic amines) is 1. The van der Waals surface area contributed by atoms with Crippen molar-refractivity contribution in [3.05, 3.63) is 40.6 Å². The number of halogens is 3. The van der Waals surface area contributed by atoms with Gasteiger partial charge in [-0.15, -0.1) is 0 Å². The van der Waals surface area contributed by atoms with Gasteiger partial charge < -0.3 is 9.88 Å². The zero-order chi connectivity index (χ0) is 17.3. The van der Waals surface area contributed by atoms with Crippen LogP contribution in [0.5, 0.6) is 0 Å². The Hall–Kier alpha value is -2.72. The molecule has 0 radical (unpaired) electrons. The van der Waals surface area contributed by atoms with E-state index in [-0.39, 0.29) is 31.8 Å². The number of alkyl halides is 3. The van der Waals surface area contributed by atoms with Gasteiger partial charge in [-0.2, -0.15) is 18.3 Å². The molecule has 24 heavy (non-hydrogen) atoms. The molecule has 1 aliphatic rings. The van der Waals surface area contributed by atoms with Crippen LogP contribution in [-0.2, 0) is 6.54 Å². The molecule has 1 amide bonds. The molecule has 2 aromatic heterocycles. The molecule has 0 aromatic carbocycles. The lowest BCUT2D eigenvalue weighted by Gasteiger charge is -2.26. The SMILES string of the molecule is O=C(c1cnc(Cn2cncn2)[nH]c1=O)N1CCCC1C(F)(F)F. The van der Waals surface area contributed by atoms with Crippen molar-refractivity contribution in [3.8, 4) is 0 Å². The van der Waals surface area contributed by atoms with Gasteiger partial charge in [0.25, 0.3) is 11.5 Å².